The fourth-order valence-corrected chi connectivity index (χ4v) is 2.43. The summed E-state index contributed by atoms with van der Waals surface area (Å²) in [6.45, 7) is 1.85. The summed E-state index contributed by atoms with van der Waals surface area (Å²) in [7, 11) is 0. The van der Waals surface area contributed by atoms with Gasteiger partial charge in [0.25, 0.3) is 0 Å². The van der Waals surface area contributed by atoms with Crippen molar-refractivity contribution in [3.05, 3.63) is 10.2 Å². The molecule has 0 radical (unpaired) electrons. The van der Waals surface area contributed by atoms with Gasteiger partial charge in [0.1, 0.15) is 5.41 Å². The molecule has 0 saturated carbocycles. The lowest BCUT2D eigenvalue weighted by molar-refractivity contribution is -0.144. The predicted molar refractivity (Wildman–Crippen MR) is 78.6 cm³/mol. The molecule has 1 aliphatic rings. The van der Waals surface area contributed by atoms with Crippen LogP contribution in [0.5, 0.6) is 0 Å². The Balaban J connectivity index is 2.75. The molecule has 6 heteroatoms. The van der Waals surface area contributed by atoms with Gasteiger partial charge in [-0.05, 0) is 42.0 Å². The molecule has 1 heterocycles. The molecule has 0 unspecified atom stereocenters. The Hall–Kier alpha value is -0.500. The largest absolute Gasteiger partial charge is 0.302 e. The summed E-state index contributed by atoms with van der Waals surface area (Å²) in [6, 6.07) is 0. The minimum absolute atomic E-state index is 0.108. The van der Waals surface area contributed by atoms with Gasteiger partial charge in [-0.15, -0.1) is 0 Å². The quantitative estimate of drug-likeness (QED) is 0.339. The zero-order chi connectivity index (χ0) is 12.9. The van der Waals surface area contributed by atoms with Gasteiger partial charge in [0, 0.05) is 0 Å². The van der Waals surface area contributed by atoms with E-state index >= 15 is 0 Å². The van der Waals surface area contributed by atoms with E-state index in [2.05, 4.69) is 33.2 Å². The molecule has 2 amide bonds. The molecule has 0 aromatic heterocycles. The molecule has 1 fully saturated rings. The molecule has 4 nitrogen and oxygen atoms in total. The number of carbonyl (C=O) groups is 2. The molecule has 1 aliphatic heterocycles. The number of carbonyl (C=O) groups excluding carboxylic acids is 2. The van der Waals surface area contributed by atoms with Crippen molar-refractivity contribution in [3.63, 3.8) is 0 Å². The van der Waals surface area contributed by atoms with Gasteiger partial charge >= 0.3 is 0 Å². The summed E-state index contributed by atoms with van der Waals surface area (Å²) >= 11 is 6.94. The highest BCUT2D eigenvalue weighted by Gasteiger charge is 2.47. The zero-order valence-corrected chi connectivity index (χ0v) is 12.6. The number of rotatable bonds is 5. The Labute approximate surface area is 120 Å². The van der Waals surface area contributed by atoms with Crippen molar-refractivity contribution in [1.82, 2.24) is 10.6 Å². The van der Waals surface area contributed by atoms with Crippen molar-refractivity contribution in [2.45, 2.75) is 32.6 Å². The highest BCUT2D eigenvalue weighted by molar-refractivity contribution is 14.1. The van der Waals surface area contributed by atoms with Crippen molar-refractivity contribution in [1.29, 1.82) is 0 Å². The zero-order valence-electron chi connectivity index (χ0n) is 9.59. The van der Waals surface area contributed by atoms with E-state index in [1.54, 1.807) is 0 Å². The van der Waals surface area contributed by atoms with E-state index in [9.17, 15) is 9.59 Å². The number of allylic oxidation sites excluding steroid dienone is 1. The van der Waals surface area contributed by atoms with Crippen LogP contribution in [0.15, 0.2) is 10.2 Å². The predicted octanol–water partition coefficient (Wildman–Crippen LogP) is 2.03. The van der Waals surface area contributed by atoms with E-state index in [-0.39, 0.29) is 16.9 Å². The van der Waals surface area contributed by atoms with Crippen LogP contribution in [0.3, 0.4) is 0 Å². The number of thiocarbonyl (C=S) groups is 1. The first-order chi connectivity index (χ1) is 8.06. The maximum Gasteiger partial charge on any atom is 0.241 e. The Bertz CT molecular complexity index is 348. The van der Waals surface area contributed by atoms with E-state index in [0.717, 1.165) is 12.8 Å². The van der Waals surface area contributed by atoms with Crippen LogP contribution < -0.4 is 10.6 Å². The summed E-state index contributed by atoms with van der Waals surface area (Å²) in [5, 5.41) is 5.17. The smallest absolute Gasteiger partial charge is 0.241 e. The third-order valence-electron chi connectivity index (χ3n) is 2.99. The minimum Gasteiger partial charge on any atom is -0.302 e. The van der Waals surface area contributed by atoms with Gasteiger partial charge in [0.2, 0.25) is 11.8 Å². The van der Waals surface area contributed by atoms with Crippen LogP contribution in [0.4, 0.5) is 0 Å². The molecular formula is C11H15IN2O2S. The number of amides is 2. The normalized spacial score (nSPS) is 19.3. The average molecular weight is 366 g/mol. The van der Waals surface area contributed by atoms with E-state index < -0.39 is 5.41 Å². The summed E-state index contributed by atoms with van der Waals surface area (Å²) in [5.41, 5.74) is -0.957. The molecule has 17 heavy (non-hydrogen) atoms. The number of hydrogen-bond donors (Lipinski definition) is 2. The molecule has 0 spiro atoms. The minimum atomic E-state index is -0.957. The number of nitrogens with one attached hydrogen (secondary N) is 2. The summed E-state index contributed by atoms with van der Waals surface area (Å²) in [6.07, 6.45) is 4.73. The van der Waals surface area contributed by atoms with Crippen molar-refractivity contribution in [2.75, 3.05) is 0 Å². The summed E-state index contributed by atoms with van der Waals surface area (Å²) in [5.74, 6) is -0.542. The van der Waals surface area contributed by atoms with Crippen LogP contribution in [0.1, 0.15) is 32.6 Å². The van der Waals surface area contributed by atoms with E-state index in [1.165, 1.54) is 0 Å². The van der Waals surface area contributed by atoms with Crippen LogP contribution in [-0.2, 0) is 9.59 Å². The van der Waals surface area contributed by atoms with Gasteiger partial charge in [-0.2, -0.15) is 0 Å². The summed E-state index contributed by atoms with van der Waals surface area (Å²) < 4.78 is 1.94. The van der Waals surface area contributed by atoms with Gasteiger partial charge in [-0.3, -0.25) is 9.59 Å². The topological polar surface area (TPSA) is 58.2 Å². The first-order valence-corrected chi connectivity index (χ1v) is 7.14. The molecule has 2 N–H and O–H groups in total. The van der Waals surface area contributed by atoms with E-state index in [1.807, 2.05) is 17.1 Å². The van der Waals surface area contributed by atoms with Crippen LogP contribution in [0.2, 0.25) is 0 Å². The lowest BCUT2D eigenvalue weighted by Crippen LogP contribution is -2.62. The monoisotopic (exact) mass is 366 g/mol. The van der Waals surface area contributed by atoms with Crippen molar-refractivity contribution in [3.8, 4) is 0 Å². The van der Waals surface area contributed by atoms with Crippen LogP contribution in [-0.4, -0.2) is 16.9 Å². The number of halogens is 1. The second kappa shape index (κ2) is 6.44. The lowest BCUT2D eigenvalue weighted by atomic mass is 9.77. The van der Waals surface area contributed by atoms with Gasteiger partial charge in [0.15, 0.2) is 5.11 Å². The van der Waals surface area contributed by atoms with E-state index in [0.29, 0.717) is 12.8 Å². The maximum absolute atomic E-state index is 12.0. The van der Waals surface area contributed by atoms with Crippen LogP contribution in [0, 0.1) is 5.41 Å². The number of unbranched alkanes of at least 4 members (excludes halogenated alkanes) is 1. The van der Waals surface area contributed by atoms with Crippen LogP contribution in [0.25, 0.3) is 0 Å². The maximum atomic E-state index is 12.0. The van der Waals surface area contributed by atoms with Gasteiger partial charge in [-0.1, -0.05) is 35.6 Å². The molecule has 0 aliphatic carbocycles. The Morgan fingerprint density at radius 1 is 1.35 bits per heavy atom. The molecular weight excluding hydrogens is 351 g/mol. The highest BCUT2D eigenvalue weighted by Crippen LogP contribution is 2.31. The van der Waals surface area contributed by atoms with E-state index in [4.69, 9.17) is 12.2 Å². The van der Waals surface area contributed by atoms with Gasteiger partial charge < -0.3 is 10.6 Å². The van der Waals surface area contributed by atoms with Crippen molar-refractivity contribution < 1.29 is 9.59 Å². The second-order valence-electron chi connectivity index (χ2n) is 3.93. The Morgan fingerprint density at radius 2 is 1.94 bits per heavy atom. The molecule has 0 aromatic rings. The molecule has 1 saturated heterocycles. The Morgan fingerprint density at radius 3 is 2.41 bits per heavy atom. The third-order valence-corrected chi connectivity index (χ3v) is 3.70. The number of hydrogen-bond acceptors (Lipinski definition) is 3. The molecule has 0 atom stereocenters. The standard InChI is InChI=1S/C11H15IN2O2S/c1-2-11(6-4-3-5-7-12)8(15)13-10(17)14-9(11)16/h5,7H,2-4,6H2,1H3,(H2,13,14,15,16,17). The fraction of sp³-hybridized carbons (Fsp3) is 0.545. The SMILES string of the molecule is CCC1(CCCC=CI)C(=O)NC(=S)NC1=O. The van der Waals surface area contributed by atoms with Crippen molar-refractivity contribution >= 4 is 51.7 Å². The fourth-order valence-electron chi connectivity index (χ4n) is 1.89. The van der Waals surface area contributed by atoms with Crippen LogP contribution >= 0.6 is 34.8 Å². The lowest BCUT2D eigenvalue weighted by Gasteiger charge is -2.34. The molecule has 0 bridgehead atoms. The molecule has 94 valence electrons. The van der Waals surface area contributed by atoms with Gasteiger partial charge in [0.05, 0.1) is 0 Å². The molecule has 0 aromatic carbocycles. The highest BCUT2D eigenvalue weighted by atomic mass is 127. The summed E-state index contributed by atoms with van der Waals surface area (Å²) in [4.78, 5) is 23.9. The average Bonchev–Trinajstić information content (AvgIpc) is 2.27. The molecule has 1 rings (SSSR count). The Kier molecular flexibility index (Phi) is 5.51. The first-order valence-electron chi connectivity index (χ1n) is 5.49. The first kappa shape index (κ1) is 14.6. The van der Waals surface area contributed by atoms with Gasteiger partial charge in [-0.25, -0.2) is 0 Å². The third kappa shape index (κ3) is 3.25. The second-order valence-corrected chi connectivity index (χ2v) is 5.05. The van der Waals surface area contributed by atoms with Crippen molar-refractivity contribution in [2.24, 2.45) is 5.41 Å².